The molecule has 1 unspecified atom stereocenters. The lowest BCUT2D eigenvalue weighted by Gasteiger charge is -2.20. The van der Waals surface area contributed by atoms with E-state index >= 15 is 0 Å². The minimum absolute atomic E-state index is 0.212. The van der Waals surface area contributed by atoms with Crippen LogP contribution in [-0.2, 0) is 33.7 Å². The van der Waals surface area contributed by atoms with Gasteiger partial charge in [-0.2, -0.15) is 0 Å². The maximum Gasteiger partial charge on any atom is 0.325 e. The Bertz CT molecular complexity index is 384. The first-order valence-electron chi connectivity index (χ1n) is 5.50. The molecule has 0 N–H and O–H groups in total. The number of nitrogens with zero attached hydrogens (tertiary/aromatic N) is 1. The largest absolute Gasteiger partial charge is 0.468 e. The van der Waals surface area contributed by atoms with Crippen LogP contribution in [0.3, 0.4) is 0 Å². The number of aryl methyl sites for hydroxylation is 1. The van der Waals surface area contributed by atoms with Gasteiger partial charge in [0, 0.05) is 25.9 Å². The van der Waals surface area contributed by atoms with Gasteiger partial charge < -0.3 is 14.0 Å². The summed E-state index contributed by atoms with van der Waals surface area (Å²) in [6, 6.07) is 0. The van der Waals surface area contributed by atoms with Crippen LogP contribution in [0.2, 0.25) is 0 Å². The lowest BCUT2D eigenvalue weighted by molar-refractivity contribution is -0.141. The number of rotatable bonds is 3. The van der Waals surface area contributed by atoms with Crippen molar-refractivity contribution in [2.75, 3.05) is 14.2 Å². The highest BCUT2D eigenvalue weighted by Crippen LogP contribution is 2.23. The zero-order valence-corrected chi connectivity index (χ0v) is 9.73. The average Bonchev–Trinajstić information content (AvgIpc) is 2.69. The lowest BCUT2D eigenvalue weighted by atomic mass is 9.93. The molecule has 4 nitrogen and oxygen atoms in total. The quantitative estimate of drug-likeness (QED) is 0.722. The van der Waals surface area contributed by atoms with Crippen molar-refractivity contribution in [3.63, 3.8) is 0 Å². The summed E-state index contributed by atoms with van der Waals surface area (Å²) in [4.78, 5) is 11.1. The first-order chi connectivity index (χ1) is 7.72. The molecule has 0 radical (unpaired) electrons. The topological polar surface area (TPSA) is 40.5 Å². The monoisotopic (exact) mass is 223 g/mol. The van der Waals surface area contributed by atoms with E-state index in [2.05, 4.69) is 4.74 Å². The van der Waals surface area contributed by atoms with Gasteiger partial charge in [0.05, 0.1) is 13.2 Å². The second-order valence-electron chi connectivity index (χ2n) is 4.16. The van der Waals surface area contributed by atoms with Gasteiger partial charge in [-0.1, -0.05) is 0 Å². The number of carbonyl (C=O) groups is 1. The average molecular weight is 223 g/mol. The summed E-state index contributed by atoms with van der Waals surface area (Å²) >= 11 is 0. The van der Waals surface area contributed by atoms with Crippen molar-refractivity contribution in [3.05, 3.63) is 23.5 Å². The second-order valence-corrected chi connectivity index (χ2v) is 4.16. The number of fused-ring (bicyclic) bond motifs is 1. The molecule has 0 saturated heterocycles. The summed E-state index contributed by atoms with van der Waals surface area (Å²) < 4.78 is 11.9. The van der Waals surface area contributed by atoms with Crippen molar-refractivity contribution in [1.29, 1.82) is 0 Å². The predicted molar refractivity (Wildman–Crippen MR) is 59.3 cm³/mol. The Morgan fingerprint density at radius 3 is 2.88 bits per heavy atom. The van der Waals surface area contributed by atoms with Gasteiger partial charge >= 0.3 is 5.97 Å². The SMILES string of the molecule is COC(=O)Cn1cc2c(c1)CC(OC)CC2. The number of methoxy groups -OCH3 is 2. The zero-order valence-electron chi connectivity index (χ0n) is 9.73. The molecule has 4 heteroatoms. The van der Waals surface area contributed by atoms with E-state index in [1.807, 2.05) is 17.0 Å². The van der Waals surface area contributed by atoms with E-state index in [1.165, 1.54) is 18.2 Å². The number of carbonyl (C=O) groups excluding carboxylic acids is 1. The molecule has 0 bridgehead atoms. The van der Waals surface area contributed by atoms with E-state index < -0.39 is 0 Å². The Labute approximate surface area is 95.2 Å². The maximum atomic E-state index is 11.1. The van der Waals surface area contributed by atoms with Crippen molar-refractivity contribution >= 4 is 5.97 Å². The zero-order chi connectivity index (χ0) is 11.5. The summed E-state index contributed by atoms with van der Waals surface area (Å²) in [5.41, 5.74) is 2.62. The molecular weight excluding hydrogens is 206 g/mol. The minimum atomic E-state index is -0.212. The summed E-state index contributed by atoms with van der Waals surface area (Å²) in [6.45, 7) is 0.293. The molecule has 0 saturated carbocycles. The van der Waals surface area contributed by atoms with Gasteiger partial charge in [0.2, 0.25) is 0 Å². The molecule has 1 aliphatic carbocycles. The molecule has 2 rings (SSSR count). The second kappa shape index (κ2) is 4.70. The van der Waals surface area contributed by atoms with E-state index in [-0.39, 0.29) is 5.97 Å². The molecule has 1 aromatic heterocycles. The predicted octanol–water partition coefficient (Wildman–Crippen LogP) is 1.16. The van der Waals surface area contributed by atoms with E-state index in [0.29, 0.717) is 12.6 Å². The fourth-order valence-corrected chi connectivity index (χ4v) is 2.18. The third-order valence-corrected chi connectivity index (χ3v) is 3.11. The molecule has 0 spiro atoms. The van der Waals surface area contributed by atoms with Crippen LogP contribution < -0.4 is 0 Å². The smallest absolute Gasteiger partial charge is 0.325 e. The van der Waals surface area contributed by atoms with Gasteiger partial charge in [-0.25, -0.2) is 0 Å². The van der Waals surface area contributed by atoms with Crippen molar-refractivity contribution < 1.29 is 14.3 Å². The Balaban J connectivity index is 2.09. The van der Waals surface area contributed by atoms with Gasteiger partial charge in [-0.05, 0) is 24.0 Å². The van der Waals surface area contributed by atoms with Crippen LogP contribution in [0.4, 0.5) is 0 Å². The van der Waals surface area contributed by atoms with Crippen LogP contribution in [-0.4, -0.2) is 30.9 Å². The molecule has 1 aliphatic rings. The number of hydrogen-bond donors (Lipinski definition) is 0. The minimum Gasteiger partial charge on any atom is -0.468 e. The Kier molecular flexibility index (Phi) is 3.29. The molecule has 0 aromatic carbocycles. The van der Waals surface area contributed by atoms with Crippen molar-refractivity contribution in [2.24, 2.45) is 0 Å². The van der Waals surface area contributed by atoms with Crippen molar-refractivity contribution in [3.8, 4) is 0 Å². The van der Waals surface area contributed by atoms with Crippen LogP contribution in [0.25, 0.3) is 0 Å². The summed E-state index contributed by atoms with van der Waals surface area (Å²) in [7, 11) is 3.16. The number of hydrogen-bond acceptors (Lipinski definition) is 3. The molecule has 16 heavy (non-hydrogen) atoms. The normalized spacial score (nSPS) is 19.2. The fourth-order valence-electron chi connectivity index (χ4n) is 2.18. The summed E-state index contributed by atoms with van der Waals surface area (Å²) in [5, 5.41) is 0. The van der Waals surface area contributed by atoms with Crippen LogP contribution in [0.1, 0.15) is 17.5 Å². The first kappa shape index (κ1) is 11.2. The van der Waals surface area contributed by atoms with Gasteiger partial charge in [0.15, 0.2) is 0 Å². The van der Waals surface area contributed by atoms with E-state index in [4.69, 9.17) is 4.74 Å². The first-order valence-corrected chi connectivity index (χ1v) is 5.50. The van der Waals surface area contributed by atoms with E-state index in [0.717, 1.165) is 19.3 Å². The van der Waals surface area contributed by atoms with E-state index in [1.54, 1.807) is 7.11 Å². The van der Waals surface area contributed by atoms with Crippen LogP contribution >= 0.6 is 0 Å². The number of ether oxygens (including phenoxy) is 2. The van der Waals surface area contributed by atoms with Gasteiger partial charge in [-0.15, -0.1) is 0 Å². The van der Waals surface area contributed by atoms with Crippen LogP contribution in [0.15, 0.2) is 12.4 Å². The van der Waals surface area contributed by atoms with Gasteiger partial charge in [0.25, 0.3) is 0 Å². The van der Waals surface area contributed by atoms with Crippen LogP contribution in [0.5, 0.6) is 0 Å². The fraction of sp³-hybridized carbons (Fsp3) is 0.583. The summed E-state index contributed by atoms with van der Waals surface area (Å²) in [6.07, 6.45) is 7.42. The van der Waals surface area contributed by atoms with E-state index in [9.17, 15) is 4.79 Å². The number of esters is 1. The maximum absolute atomic E-state index is 11.1. The summed E-state index contributed by atoms with van der Waals surface area (Å²) in [5.74, 6) is -0.212. The Hall–Kier alpha value is -1.29. The lowest BCUT2D eigenvalue weighted by Crippen LogP contribution is -2.19. The molecule has 1 atom stereocenters. The Morgan fingerprint density at radius 1 is 1.44 bits per heavy atom. The third kappa shape index (κ3) is 2.27. The van der Waals surface area contributed by atoms with Gasteiger partial charge in [0.1, 0.15) is 6.54 Å². The highest BCUT2D eigenvalue weighted by Gasteiger charge is 2.20. The van der Waals surface area contributed by atoms with Gasteiger partial charge in [-0.3, -0.25) is 4.79 Å². The molecular formula is C12H17NO3. The van der Waals surface area contributed by atoms with Crippen molar-refractivity contribution in [1.82, 2.24) is 4.57 Å². The molecule has 0 aliphatic heterocycles. The molecule has 0 fully saturated rings. The molecule has 1 aromatic rings. The third-order valence-electron chi connectivity index (χ3n) is 3.11. The Morgan fingerprint density at radius 2 is 2.19 bits per heavy atom. The van der Waals surface area contributed by atoms with Crippen LogP contribution in [0, 0.1) is 0 Å². The molecule has 0 amide bonds. The molecule has 1 heterocycles. The molecule has 88 valence electrons. The highest BCUT2D eigenvalue weighted by molar-refractivity contribution is 5.69. The van der Waals surface area contributed by atoms with Crippen molar-refractivity contribution in [2.45, 2.75) is 31.9 Å². The standard InChI is InChI=1S/C12H17NO3/c1-15-11-4-3-9-6-13(7-10(9)5-11)8-12(14)16-2/h6-7,11H,3-5,8H2,1-2H3. The number of aromatic nitrogens is 1. The highest BCUT2D eigenvalue weighted by atomic mass is 16.5.